The summed E-state index contributed by atoms with van der Waals surface area (Å²) in [6.45, 7) is 3.74. The van der Waals surface area contributed by atoms with Gasteiger partial charge in [0, 0.05) is 24.4 Å². The molecule has 1 aliphatic heterocycles. The zero-order valence-electron chi connectivity index (χ0n) is 8.21. The van der Waals surface area contributed by atoms with Crippen molar-refractivity contribution >= 4 is 16.5 Å². The molecule has 14 heavy (non-hydrogen) atoms. The van der Waals surface area contributed by atoms with Gasteiger partial charge in [-0.25, -0.2) is 4.98 Å². The standard InChI is InChI=1S/C9H15N3OS/c1-6(13)11-9-12-7-2-4-10-5-3-8(7)14-9/h6,10,13H,2-5H2,1H3,(H,11,12). The lowest BCUT2D eigenvalue weighted by atomic mass is 10.2. The van der Waals surface area contributed by atoms with Crippen LogP contribution in [0.4, 0.5) is 5.13 Å². The number of aliphatic hydroxyl groups excluding tert-OH is 1. The number of nitrogens with zero attached hydrogens (tertiary/aromatic N) is 1. The Labute approximate surface area is 87.4 Å². The Morgan fingerprint density at radius 1 is 1.50 bits per heavy atom. The largest absolute Gasteiger partial charge is 0.374 e. The fourth-order valence-corrected chi connectivity index (χ4v) is 2.64. The van der Waals surface area contributed by atoms with Crippen LogP contribution in [0.3, 0.4) is 0 Å². The van der Waals surface area contributed by atoms with Crippen LogP contribution in [-0.2, 0) is 12.8 Å². The normalized spacial score (nSPS) is 18.4. The summed E-state index contributed by atoms with van der Waals surface area (Å²) in [4.78, 5) is 5.80. The van der Waals surface area contributed by atoms with Crippen LogP contribution in [-0.4, -0.2) is 29.4 Å². The predicted molar refractivity (Wildman–Crippen MR) is 57.7 cm³/mol. The third-order valence-corrected chi connectivity index (χ3v) is 3.27. The Balaban J connectivity index is 2.14. The molecule has 0 spiro atoms. The van der Waals surface area contributed by atoms with Crippen molar-refractivity contribution in [3.63, 3.8) is 0 Å². The molecular formula is C9H15N3OS. The van der Waals surface area contributed by atoms with Gasteiger partial charge in [-0.05, 0) is 13.3 Å². The van der Waals surface area contributed by atoms with Crippen molar-refractivity contribution in [2.45, 2.75) is 26.0 Å². The van der Waals surface area contributed by atoms with Gasteiger partial charge in [0.1, 0.15) is 6.23 Å². The fourth-order valence-electron chi connectivity index (χ4n) is 1.55. The molecule has 1 unspecified atom stereocenters. The number of fused-ring (bicyclic) bond motifs is 1. The van der Waals surface area contributed by atoms with Crippen LogP contribution in [0.15, 0.2) is 0 Å². The van der Waals surface area contributed by atoms with E-state index in [4.69, 9.17) is 5.11 Å². The van der Waals surface area contributed by atoms with Crippen molar-refractivity contribution in [3.8, 4) is 0 Å². The SMILES string of the molecule is CC(O)Nc1nc2c(s1)CCNCC2. The summed E-state index contributed by atoms with van der Waals surface area (Å²) >= 11 is 1.65. The fraction of sp³-hybridized carbons (Fsp3) is 0.667. The first kappa shape index (κ1) is 9.89. The molecule has 78 valence electrons. The van der Waals surface area contributed by atoms with E-state index in [2.05, 4.69) is 15.6 Å². The van der Waals surface area contributed by atoms with Gasteiger partial charge in [-0.1, -0.05) is 0 Å². The highest BCUT2D eigenvalue weighted by atomic mass is 32.1. The van der Waals surface area contributed by atoms with E-state index >= 15 is 0 Å². The first-order chi connectivity index (χ1) is 6.75. The number of aromatic nitrogens is 1. The maximum atomic E-state index is 9.17. The van der Waals surface area contributed by atoms with Crippen LogP contribution >= 0.6 is 11.3 Å². The maximum Gasteiger partial charge on any atom is 0.185 e. The van der Waals surface area contributed by atoms with Gasteiger partial charge in [0.2, 0.25) is 0 Å². The second-order valence-electron chi connectivity index (χ2n) is 3.46. The maximum absolute atomic E-state index is 9.17. The number of nitrogens with one attached hydrogen (secondary N) is 2. The Bertz CT molecular complexity index is 288. The zero-order chi connectivity index (χ0) is 9.97. The molecule has 0 bridgehead atoms. The molecule has 1 aromatic heterocycles. The van der Waals surface area contributed by atoms with E-state index in [0.29, 0.717) is 0 Å². The van der Waals surface area contributed by atoms with Crippen LogP contribution in [0.25, 0.3) is 0 Å². The van der Waals surface area contributed by atoms with E-state index in [1.165, 1.54) is 10.6 Å². The van der Waals surface area contributed by atoms with Gasteiger partial charge in [0.05, 0.1) is 5.69 Å². The van der Waals surface area contributed by atoms with Crippen molar-refractivity contribution in [1.82, 2.24) is 10.3 Å². The van der Waals surface area contributed by atoms with Crippen molar-refractivity contribution in [2.24, 2.45) is 0 Å². The highest BCUT2D eigenvalue weighted by molar-refractivity contribution is 7.15. The van der Waals surface area contributed by atoms with E-state index in [9.17, 15) is 0 Å². The summed E-state index contributed by atoms with van der Waals surface area (Å²) in [6.07, 6.45) is 1.52. The lowest BCUT2D eigenvalue weighted by Crippen LogP contribution is -2.17. The molecule has 2 rings (SSSR count). The minimum absolute atomic E-state index is 0.525. The van der Waals surface area contributed by atoms with Crippen molar-refractivity contribution in [1.29, 1.82) is 0 Å². The molecule has 0 aliphatic carbocycles. The van der Waals surface area contributed by atoms with Crippen LogP contribution in [0, 0.1) is 0 Å². The molecule has 1 atom stereocenters. The molecule has 0 amide bonds. The summed E-state index contributed by atoms with van der Waals surface area (Å²) < 4.78 is 0. The lowest BCUT2D eigenvalue weighted by molar-refractivity contribution is 0.224. The number of hydrogen-bond donors (Lipinski definition) is 3. The van der Waals surface area contributed by atoms with Gasteiger partial charge in [0.25, 0.3) is 0 Å². The van der Waals surface area contributed by atoms with E-state index in [1.54, 1.807) is 18.3 Å². The van der Waals surface area contributed by atoms with Crippen molar-refractivity contribution in [3.05, 3.63) is 10.6 Å². The monoisotopic (exact) mass is 213 g/mol. The van der Waals surface area contributed by atoms with Crippen LogP contribution < -0.4 is 10.6 Å². The number of aliphatic hydroxyl groups is 1. The van der Waals surface area contributed by atoms with Crippen LogP contribution in [0.2, 0.25) is 0 Å². The molecule has 1 aromatic rings. The molecule has 5 heteroatoms. The lowest BCUT2D eigenvalue weighted by Gasteiger charge is -2.03. The molecule has 0 aromatic carbocycles. The first-order valence-electron chi connectivity index (χ1n) is 4.89. The van der Waals surface area contributed by atoms with E-state index in [0.717, 1.165) is 31.1 Å². The highest BCUT2D eigenvalue weighted by Gasteiger charge is 2.13. The second kappa shape index (κ2) is 4.25. The first-order valence-corrected chi connectivity index (χ1v) is 5.71. The molecule has 0 fully saturated rings. The molecule has 1 aliphatic rings. The summed E-state index contributed by atoms with van der Waals surface area (Å²) in [5, 5.41) is 16.3. The summed E-state index contributed by atoms with van der Waals surface area (Å²) in [5.41, 5.74) is 1.18. The number of hydrogen-bond acceptors (Lipinski definition) is 5. The van der Waals surface area contributed by atoms with Crippen molar-refractivity contribution in [2.75, 3.05) is 18.4 Å². The van der Waals surface area contributed by atoms with Crippen molar-refractivity contribution < 1.29 is 5.11 Å². The summed E-state index contributed by atoms with van der Waals surface area (Å²) in [5.74, 6) is 0. The second-order valence-corrected chi connectivity index (χ2v) is 4.54. The zero-order valence-corrected chi connectivity index (χ0v) is 9.02. The average molecular weight is 213 g/mol. The summed E-state index contributed by atoms with van der Waals surface area (Å²) in [7, 11) is 0. The predicted octanol–water partition coefficient (Wildman–Crippen LogP) is 0.581. The van der Waals surface area contributed by atoms with Crippen LogP contribution in [0.5, 0.6) is 0 Å². The van der Waals surface area contributed by atoms with Gasteiger partial charge < -0.3 is 15.7 Å². The highest BCUT2D eigenvalue weighted by Crippen LogP contribution is 2.25. The van der Waals surface area contributed by atoms with Crippen LogP contribution in [0.1, 0.15) is 17.5 Å². The Morgan fingerprint density at radius 3 is 3.07 bits per heavy atom. The molecular weight excluding hydrogens is 198 g/mol. The Morgan fingerprint density at radius 2 is 2.29 bits per heavy atom. The molecule has 4 nitrogen and oxygen atoms in total. The quantitative estimate of drug-likeness (QED) is 0.629. The molecule has 0 radical (unpaired) electrons. The Kier molecular flexibility index (Phi) is 3.00. The minimum atomic E-state index is -0.525. The van der Waals surface area contributed by atoms with Gasteiger partial charge in [-0.3, -0.25) is 0 Å². The minimum Gasteiger partial charge on any atom is -0.374 e. The molecule has 2 heterocycles. The van der Waals surface area contributed by atoms with E-state index in [1.807, 2.05) is 0 Å². The van der Waals surface area contributed by atoms with E-state index in [-0.39, 0.29) is 0 Å². The average Bonchev–Trinajstić information content (AvgIpc) is 2.34. The summed E-state index contributed by atoms with van der Waals surface area (Å²) in [6, 6.07) is 0. The third kappa shape index (κ3) is 2.23. The number of anilines is 1. The van der Waals surface area contributed by atoms with Gasteiger partial charge in [0.15, 0.2) is 5.13 Å². The number of thiazole rings is 1. The van der Waals surface area contributed by atoms with Gasteiger partial charge >= 0.3 is 0 Å². The molecule has 0 saturated heterocycles. The molecule has 0 saturated carbocycles. The van der Waals surface area contributed by atoms with E-state index < -0.39 is 6.23 Å². The van der Waals surface area contributed by atoms with Gasteiger partial charge in [-0.2, -0.15) is 0 Å². The molecule has 3 N–H and O–H groups in total. The Hall–Kier alpha value is -0.650. The smallest absolute Gasteiger partial charge is 0.185 e. The van der Waals surface area contributed by atoms with Gasteiger partial charge in [-0.15, -0.1) is 11.3 Å². The topological polar surface area (TPSA) is 57.2 Å². The number of rotatable bonds is 2. The third-order valence-electron chi connectivity index (χ3n) is 2.18.